The molecule has 1 saturated heterocycles. The Hall–Kier alpha value is -3.48. The Morgan fingerprint density at radius 2 is 1.94 bits per heavy atom. The van der Waals surface area contributed by atoms with Gasteiger partial charge in [0, 0.05) is 36.1 Å². The largest absolute Gasteiger partial charge is 0.490 e. The SMILES string of the molecule is CC(C)NC(=O)c1cc([C@H]2CCN(C(=O)CCOc3ccccc3F)C2)nc2ccccc12. The van der Waals surface area contributed by atoms with Crippen LogP contribution < -0.4 is 10.1 Å². The Labute approximate surface area is 192 Å². The molecule has 6 nitrogen and oxygen atoms in total. The molecule has 0 saturated carbocycles. The average Bonchev–Trinajstić information content (AvgIpc) is 3.29. The molecule has 1 fully saturated rings. The van der Waals surface area contributed by atoms with E-state index in [1.807, 2.05) is 44.2 Å². The number of likely N-dealkylation sites (tertiary alicyclic amines) is 1. The molecule has 2 aromatic carbocycles. The molecule has 2 amide bonds. The molecular weight excluding hydrogens is 421 g/mol. The fourth-order valence-electron chi connectivity index (χ4n) is 4.13. The van der Waals surface area contributed by atoms with Crippen LogP contribution in [0.3, 0.4) is 0 Å². The van der Waals surface area contributed by atoms with Gasteiger partial charge in [-0.05, 0) is 44.5 Å². The number of halogens is 1. The number of carbonyl (C=O) groups is 2. The molecule has 7 heteroatoms. The topological polar surface area (TPSA) is 71.5 Å². The maximum atomic E-state index is 13.7. The number of carbonyl (C=O) groups excluding carboxylic acids is 2. The van der Waals surface area contributed by atoms with Crippen LogP contribution in [0.4, 0.5) is 4.39 Å². The van der Waals surface area contributed by atoms with Crippen molar-refractivity contribution in [3.8, 4) is 5.75 Å². The van der Waals surface area contributed by atoms with Crippen molar-refractivity contribution in [2.75, 3.05) is 19.7 Å². The molecule has 0 radical (unpaired) electrons. The molecule has 0 aliphatic carbocycles. The first-order valence-corrected chi connectivity index (χ1v) is 11.3. The zero-order valence-corrected chi connectivity index (χ0v) is 18.9. The molecule has 1 aliphatic rings. The number of benzene rings is 2. The summed E-state index contributed by atoms with van der Waals surface area (Å²) in [6.45, 7) is 5.13. The van der Waals surface area contributed by atoms with E-state index >= 15 is 0 Å². The molecule has 172 valence electrons. The molecule has 1 aliphatic heterocycles. The maximum absolute atomic E-state index is 13.7. The van der Waals surface area contributed by atoms with Gasteiger partial charge in [-0.2, -0.15) is 0 Å². The minimum absolute atomic E-state index is 0.0269. The third kappa shape index (κ3) is 5.30. The number of nitrogens with one attached hydrogen (secondary N) is 1. The number of hydrogen-bond acceptors (Lipinski definition) is 4. The number of ether oxygens (including phenoxy) is 1. The van der Waals surface area contributed by atoms with Crippen molar-refractivity contribution in [2.24, 2.45) is 0 Å². The smallest absolute Gasteiger partial charge is 0.252 e. The van der Waals surface area contributed by atoms with Gasteiger partial charge in [0.2, 0.25) is 5.91 Å². The van der Waals surface area contributed by atoms with Crippen LogP contribution in [0.5, 0.6) is 5.75 Å². The molecule has 0 unspecified atom stereocenters. The molecule has 0 bridgehead atoms. The number of pyridine rings is 1. The zero-order chi connectivity index (χ0) is 23.4. The molecule has 1 N–H and O–H groups in total. The lowest BCUT2D eigenvalue weighted by atomic mass is 9.99. The van der Waals surface area contributed by atoms with Crippen LogP contribution in [0.1, 0.15) is 48.7 Å². The third-order valence-electron chi connectivity index (χ3n) is 5.77. The molecule has 3 aromatic rings. The number of nitrogens with zero attached hydrogens (tertiary/aromatic N) is 2. The number of amides is 2. The van der Waals surface area contributed by atoms with Gasteiger partial charge in [-0.15, -0.1) is 0 Å². The molecular formula is C26H28FN3O3. The summed E-state index contributed by atoms with van der Waals surface area (Å²) in [5, 5.41) is 3.78. The van der Waals surface area contributed by atoms with Gasteiger partial charge in [0.15, 0.2) is 11.6 Å². The van der Waals surface area contributed by atoms with Gasteiger partial charge < -0.3 is 15.0 Å². The Balaban J connectivity index is 1.44. The van der Waals surface area contributed by atoms with Crippen LogP contribution in [-0.4, -0.2) is 47.4 Å². The van der Waals surface area contributed by atoms with Crippen LogP contribution in [-0.2, 0) is 4.79 Å². The minimum atomic E-state index is -0.439. The van der Waals surface area contributed by atoms with Crippen LogP contribution in [0.15, 0.2) is 54.6 Å². The Kier molecular flexibility index (Phi) is 6.87. The van der Waals surface area contributed by atoms with E-state index in [0.29, 0.717) is 18.7 Å². The number of aromatic nitrogens is 1. The quantitative estimate of drug-likeness (QED) is 0.584. The van der Waals surface area contributed by atoms with Crippen LogP contribution in [0.2, 0.25) is 0 Å². The van der Waals surface area contributed by atoms with E-state index in [1.165, 1.54) is 6.07 Å². The maximum Gasteiger partial charge on any atom is 0.252 e. The summed E-state index contributed by atoms with van der Waals surface area (Å²) in [6, 6.07) is 15.7. The zero-order valence-electron chi connectivity index (χ0n) is 18.9. The summed E-state index contributed by atoms with van der Waals surface area (Å²) in [7, 11) is 0. The second kappa shape index (κ2) is 9.98. The second-order valence-electron chi connectivity index (χ2n) is 8.59. The van der Waals surface area contributed by atoms with Gasteiger partial charge in [0.1, 0.15) is 0 Å². The molecule has 1 atom stereocenters. The van der Waals surface area contributed by atoms with E-state index in [0.717, 1.165) is 23.0 Å². The van der Waals surface area contributed by atoms with Gasteiger partial charge in [0.25, 0.3) is 5.91 Å². The first-order valence-electron chi connectivity index (χ1n) is 11.3. The van der Waals surface area contributed by atoms with Gasteiger partial charge in [-0.3, -0.25) is 14.6 Å². The summed E-state index contributed by atoms with van der Waals surface area (Å²) in [5.41, 5.74) is 2.19. The number of para-hydroxylation sites is 2. The van der Waals surface area contributed by atoms with E-state index in [1.54, 1.807) is 23.1 Å². The highest BCUT2D eigenvalue weighted by Gasteiger charge is 2.29. The molecule has 0 spiro atoms. The number of hydrogen-bond donors (Lipinski definition) is 1. The fourth-order valence-corrected chi connectivity index (χ4v) is 4.13. The Bertz CT molecular complexity index is 1160. The van der Waals surface area contributed by atoms with Crippen molar-refractivity contribution in [3.63, 3.8) is 0 Å². The molecule has 2 heterocycles. The molecule has 4 rings (SSSR count). The van der Waals surface area contributed by atoms with Crippen molar-refractivity contribution < 1.29 is 18.7 Å². The van der Waals surface area contributed by atoms with Crippen molar-refractivity contribution in [1.29, 1.82) is 0 Å². The second-order valence-corrected chi connectivity index (χ2v) is 8.59. The minimum Gasteiger partial charge on any atom is -0.490 e. The summed E-state index contributed by atoms with van der Waals surface area (Å²) < 4.78 is 19.1. The first-order chi connectivity index (χ1) is 15.9. The lowest BCUT2D eigenvalue weighted by Crippen LogP contribution is -2.31. The Morgan fingerprint density at radius 3 is 2.73 bits per heavy atom. The standard InChI is InChI=1S/C26H28FN3O3/c1-17(2)28-26(32)20-15-23(29-22-9-5-3-7-19(20)22)18-11-13-30(16-18)25(31)12-14-33-24-10-6-4-8-21(24)27/h3-10,15,17-18H,11-14,16H2,1-2H3,(H,28,32)/t18-/m0/s1. The van der Waals surface area contributed by atoms with Gasteiger partial charge >= 0.3 is 0 Å². The number of rotatable bonds is 7. The summed E-state index contributed by atoms with van der Waals surface area (Å²) in [4.78, 5) is 32.1. The lowest BCUT2D eigenvalue weighted by Gasteiger charge is -2.18. The molecule has 1 aromatic heterocycles. The summed E-state index contributed by atoms with van der Waals surface area (Å²) >= 11 is 0. The highest BCUT2D eigenvalue weighted by Crippen LogP contribution is 2.30. The van der Waals surface area contributed by atoms with Crippen LogP contribution in [0, 0.1) is 5.82 Å². The van der Waals surface area contributed by atoms with Gasteiger partial charge in [-0.25, -0.2) is 4.39 Å². The third-order valence-corrected chi connectivity index (χ3v) is 5.77. The van der Waals surface area contributed by atoms with Gasteiger partial charge in [0.05, 0.1) is 24.1 Å². The predicted molar refractivity (Wildman–Crippen MR) is 125 cm³/mol. The van der Waals surface area contributed by atoms with E-state index in [9.17, 15) is 14.0 Å². The van der Waals surface area contributed by atoms with E-state index in [-0.39, 0.29) is 42.6 Å². The van der Waals surface area contributed by atoms with Crippen molar-refractivity contribution in [3.05, 3.63) is 71.7 Å². The van der Waals surface area contributed by atoms with E-state index in [2.05, 4.69) is 5.32 Å². The highest BCUT2D eigenvalue weighted by atomic mass is 19.1. The fraction of sp³-hybridized carbons (Fsp3) is 0.346. The van der Waals surface area contributed by atoms with Crippen molar-refractivity contribution >= 4 is 22.7 Å². The highest BCUT2D eigenvalue weighted by molar-refractivity contribution is 6.06. The monoisotopic (exact) mass is 449 g/mol. The normalized spacial score (nSPS) is 15.8. The lowest BCUT2D eigenvalue weighted by molar-refractivity contribution is -0.130. The van der Waals surface area contributed by atoms with Crippen molar-refractivity contribution in [1.82, 2.24) is 15.2 Å². The summed E-state index contributed by atoms with van der Waals surface area (Å²) in [6.07, 6.45) is 0.949. The van der Waals surface area contributed by atoms with E-state index in [4.69, 9.17) is 9.72 Å². The molecule has 33 heavy (non-hydrogen) atoms. The average molecular weight is 450 g/mol. The first kappa shape index (κ1) is 22.7. The van der Waals surface area contributed by atoms with Crippen molar-refractivity contribution in [2.45, 2.75) is 38.6 Å². The van der Waals surface area contributed by atoms with E-state index < -0.39 is 5.82 Å². The van der Waals surface area contributed by atoms with Gasteiger partial charge in [-0.1, -0.05) is 30.3 Å². The van der Waals surface area contributed by atoms with Crippen LogP contribution in [0.25, 0.3) is 10.9 Å². The van der Waals surface area contributed by atoms with Crippen LogP contribution >= 0.6 is 0 Å². The summed E-state index contributed by atoms with van der Waals surface area (Å²) in [5.74, 6) is -0.395. The number of fused-ring (bicyclic) bond motifs is 1. The Morgan fingerprint density at radius 1 is 1.18 bits per heavy atom. The predicted octanol–water partition coefficient (Wildman–Crippen LogP) is 4.30.